The molecule has 0 aliphatic heterocycles. The molecular weight excluding hydrogens is 472 g/mol. The highest BCUT2D eigenvalue weighted by Crippen LogP contribution is 2.22. The number of rotatable bonds is 17. The molecule has 0 radical (unpaired) electrons. The van der Waals surface area contributed by atoms with E-state index in [2.05, 4.69) is 30.4 Å². The van der Waals surface area contributed by atoms with Crippen LogP contribution in [0.15, 0.2) is 73.6 Å². The van der Waals surface area contributed by atoms with Crippen LogP contribution in [0.4, 0.5) is 0 Å². The summed E-state index contributed by atoms with van der Waals surface area (Å²) < 4.78 is 11.3. The van der Waals surface area contributed by atoms with E-state index in [1.54, 1.807) is 6.20 Å². The van der Waals surface area contributed by atoms with Crippen molar-refractivity contribution in [3.8, 4) is 22.9 Å². The number of aryl methyl sites for hydroxylation is 1. The molecule has 0 fully saturated rings. The Morgan fingerprint density at radius 1 is 0.921 bits per heavy atom. The average molecular weight is 515 g/mol. The minimum Gasteiger partial charge on any atom is -0.494 e. The summed E-state index contributed by atoms with van der Waals surface area (Å²) in [6, 6.07) is 15.5. The van der Waals surface area contributed by atoms with Crippen LogP contribution in [0.25, 0.3) is 11.3 Å². The highest BCUT2D eigenvalue weighted by molar-refractivity contribution is 5.90. The normalized spacial score (nSPS) is 11.6. The average Bonchev–Trinajstić information content (AvgIpc) is 2.96. The topological polar surface area (TPSA) is 61.3 Å². The Morgan fingerprint density at radius 2 is 1.66 bits per heavy atom. The van der Waals surface area contributed by atoms with Gasteiger partial charge in [0.05, 0.1) is 30.3 Å². The quantitative estimate of drug-likeness (QED) is 0.102. The summed E-state index contributed by atoms with van der Waals surface area (Å²) in [6.07, 6.45) is 16.8. The third kappa shape index (κ3) is 10.1. The molecule has 3 aromatic rings. The number of ether oxygens (including phenoxy) is 2. The van der Waals surface area contributed by atoms with Crippen LogP contribution in [0, 0.1) is 5.92 Å². The van der Waals surface area contributed by atoms with Crippen LogP contribution in [0.2, 0.25) is 0 Å². The highest BCUT2D eigenvalue weighted by atomic mass is 16.5. The molecule has 0 saturated heterocycles. The third-order valence-electron chi connectivity index (χ3n) is 6.85. The van der Waals surface area contributed by atoms with Gasteiger partial charge in [0.2, 0.25) is 5.88 Å². The van der Waals surface area contributed by atoms with Crippen LogP contribution >= 0.6 is 0 Å². The van der Waals surface area contributed by atoms with Crippen LogP contribution in [0.3, 0.4) is 0 Å². The molecule has 38 heavy (non-hydrogen) atoms. The molecule has 1 unspecified atom stereocenters. The molecule has 0 aliphatic carbocycles. The molecule has 0 spiro atoms. The molecular formula is C33H42N2O3. The predicted molar refractivity (Wildman–Crippen MR) is 155 cm³/mol. The molecule has 202 valence electrons. The van der Waals surface area contributed by atoms with Gasteiger partial charge in [-0.05, 0) is 86.4 Å². The first-order valence-electron chi connectivity index (χ1n) is 14.1. The van der Waals surface area contributed by atoms with Gasteiger partial charge in [0.1, 0.15) is 5.75 Å². The predicted octanol–water partition coefficient (Wildman–Crippen LogP) is 8.64. The molecule has 1 atom stereocenters. The summed E-state index contributed by atoms with van der Waals surface area (Å²) in [5.74, 6) is 1.34. The molecule has 2 aromatic carbocycles. The fraction of sp³-hybridized carbons (Fsp3) is 0.424. The number of carbonyl (C=O) groups excluding carboxylic acids is 1. The first kappa shape index (κ1) is 29.1. The molecule has 1 heterocycles. The smallest absolute Gasteiger partial charge is 0.344 e. The van der Waals surface area contributed by atoms with E-state index in [0.29, 0.717) is 11.3 Å². The van der Waals surface area contributed by atoms with Crippen molar-refractivity contribution in [2.75, 3.05) is 6.61 Å². The van der Waals surface area contributed by atoms with E-state index in [1.165, 1.54) is 50.3 Å². The second-order valence-corrected chi connectivity index (χ2v) is 9.95. The van der Waals surface area contributed by atoms with Crippen molar-refractivity contribution in [1.82, 2.24) is 9.97 Å². The maximum atomic E-state index is 12.6. The molecule has 1 aromatic heterocycles. The zero-order valence-corrected chi connectivity index (χ0v) is 23.0. The van der Waals surface area contributed by atoms with Gasteiger partial charge in [0, 0.05) is 5.56 Å². The van der Waals surface area contributed by atoms with Crippen molar-refractivity contribution in [1.29, 1.82) is 0 Å². The maximum absolute atomic E-state index is 12.6. The van der Waals surface area contributed by atoms with E-state index in [1.807, 2.05) is 54.6 Å². The van der Waals surface area contributed by atoms with Gasteiger partial charge in [-0.15, -0.1) is 6.58 Å². The van der Waals surface area contributed by atoms with Gasteiger partial charge >= 0.3 is 5.97 Å². The Bertz CT molecular complexity index is 1090. The van der Waals surface area contributed by atoms with Gasteiger partial charge in [-0.25, -0.2) is 14.8 Å². The van der Waals surface area contributed by atoms with Crippen molar-refractivity contribution in [3.05, 3.63) is 84.7 Å². The van der Waals surface area contributed by atoms with Gasteiger partial charge in [-0.3, -0.25) is 0 Å². The number of hydrogen-bond donors (Lipinski definition) is 0. The molecule has 3 rings (SSSR count). The fourth-order valence-electron chi connectivity index (χ4n) is 4.18. The van der Waals surface area contributed by atoms with Gasteiger partial charge < -0.3 is 9.47 Å². The first-order valence-corrected chi connectivity index (χ1v) is 14.1. The van der Waals surface area contributed by atoms with E-state index in [4.69, 9.17) is 9.47 Å². The lowest BCUT2D eigenvalue weighted by atomic mass is 10.0. The number of benzene rings is 2. The largest absolute Gasteiger partial charge is 0.494 e. The van der Waals surface area contributed by atoms with Crippen molar-refractivity contribution in [2.45, 2.75) is 78.1 Å². The van der Waals surface area contributed by atoms with E-state index < -0.39 is 5.97 Å². The fourth-order valence-corrected chi connectivity index (χ4v) is 4.18. The number of esters is 1. The SMILES string of the molecule is C=CCCCCCCCc1ccc(C(=O)Oc2cnc(-c3ccc(OCCCC(C)CC)cc3)cn2)cc1. The summed E-state index contributed by atoms with van der Waals surface area (Å²) in [6.45, 7) is 8.98. The molecule has 5 heteroatoms. The number of nitrogens with zero attached hydrogens (tertiary/aromatic N) is 2. The van der Waals surface area contributed by atoms with Gasteiger partial charge in [0.25, 0.3) is 0 Å². The molecule has 0 N–H and O–H groups in total. The van der Waals surface area contributed by atoms with E-state index >= 15 is 0 Å². The van der Waals surface area contributed by atoms with Gasteiger partial charge in [0.15, 0.2) is 0 Å². The monoisotopic (exact) mass is 514 g/mol. The van der Waals surface area contributed by atoms with E-state index in [9.17, 15) is 4.79 Å². The number of allylic oxidation sites excluding steroid dienone is 1. The van der Waals surface area contributed by atoms with Crippen LogP contribution in [0.5, 0.6) is 11.6 Å². The van der Waals surface area contributed by atoms with E-state index in [-0.39, 0.29) is 5.88 Å². The van der Waals surface area contributed by atoms with Crippen LogP contribution in [-0.2, 0) is 6.42 Å². The van der Waals surface area contributed by atoms with Crippen LogP contribution < -0.4 is 9.47 Å². The maximum Gasteiger partial charge on any atom is 0.344 e. The summed E-state index contributed by atoms with van der Waals surface area (Å²) in [7, 11) is 0. The highest BCUT2D eigenvalue weighted by Gasteiger charge is 2.11. The van der Waals surface area contributed by atoms with Gasteiger partial charge in [-0.1, -0.05) is 57.7 Å². The summed E-state index contributed by atoms with van der Waals surface area (Å²) >= 11 is 0. The van der Waals surface area contributed by atoms with Crippen LogP contribution in [0.1, 0.15) is 87.6 Å². The first-order chi connectivity index (χ1) is 18.6. The summed E-state index contributed by atoms with van der Waals surface area (Å²) in [4.78, 5) is 21.3. The van der Waals surface area contributed by atoms with Crippen molar-refractivity contribution in [2.24, 2.45) is 5.92 Å². The lowest BCUT2D eigenvalue weighted by Crippen LogP contribution is -2.09. The molecule has 0 aliphatic rings. The lowest BCUT2D eigenvalue weighted by Gasteiger charge is -2.10. The Morgan fingerprint density at radius 3 is 2.34 bits per heavy atom. The molecule has 0 amide bonds. The molecule has 5 nitrogen and oxygen atoms in total. The Kier molecular flexibility index (Phi) is 12.5. The second kappa shape index (κ2) is 16.4. The Hall–Kier alpha value is -3.47. The zero-order valence-electron chi connectivity index (χ0n) is 23.0. The minimum atomic E-state index is -0.435. The zero-order chi connectivity index (χ0) is 27.0. The van der Waals surface area contributed by atoms with Crippen molar-refractivity contribution in [3.63, 3.8) is 0 Å². The van der Waals surface area contributed by atoms with Crippen molar-refractivity contribution >= 4 is 5.97 Å². The standard InChI is InChI=1S/C33H42N2O3/c1-4-6-7-8-9-10-11-14-27-15-17-29(18-16-27)33(36)38-32-25-34-31(24-35-32)28-19-21-30(22-20-28)37-23-12-13-26(3)5-2/h4,15-22,24-26H,1,5-14,23H2,2-3H3. The number of carbonyl (C=O) groups is 1. The van der Waals surface area contributed by atoms with E-state index in [0.717, 1.165) is 49.5 Å². The summed E-state index contributed by atoms with van der Waals surface area (Å²) in [5.41, 5.74) is 3.37. The summed E-state index contributed by atoms with van der Waals surface area (Å²) in [5, 5.41) is 0. The van der Waals surface area contributed by atoms with Crippen LogP contribution in [-0.4, -0.2) is 22.5 Å². The second-order valence-electron chi connectivity index (χ2n) is 9.95. The number of hydrogen-bond acceptors (Lipinski definition) is 5. The molecule has 0 bridgehead atoms. The third-order valence-corrected chi connectivity index (χ3v) is 6.85. The number of unbranched alkanes of at least 4 members (excludes halogenated alkanes) is 5. The van der Waals surface area contributed by atoms with Crippen molar-refractivity contribution < 1.29 is 14.3 Å². The minimum absolute atomic E-state index is 0.181. The lowest BCUT2D eigenvalue weighted by molar-refractivity contribution is 0.0727. The number of aromatic nitrogens is 2. The Balaban J connectivity index is 1.42. The Labute approximate surface area is 228 Å². The van der Waals surface area contributed by atoms with Gasteiger partial charge in [-0.2, -0.15) is 0 Å². The molecule has 0 saturated carbocycles.